The van der Waals surface area contributed by atoms with Gasteiger partial charge in [0.05, 0.1) is 0 Å². The second-order valence-corrected chi connectivity index (χ2v) is 2.25. The highest BCUT2D eigenvalue weighted by Crippen LogP contribution is 1.88. The Labute approximate surface area is 65.2 Å². The number of rotatable bonds is 3. The molecular weight excluding hydrogens is 142 g/mol. The third kappa shape index (κ3) is 2.41. The van der Waals surface area contributed by atoms with Crippen LogP contribution < -0.4 is 5.43 Å². The number of aromatic nitrogens is 2. The molecule has 1 heterocycles. The van der Waals surface area contributed by atoms with Gasteiger partial charge in [-0.1, -0.05) is 6.92 Å². The van der Waals surface area contributed by atoms with E-state index < -0.39 is 0 Å². The van der Waals surface area contributed by atoms with Crippen LogP contribution in [0.1, 0.15) is 19.8 Å². The van der Waals surface area contributed by atoms with Gasteiger partial charge >= 0.3 is 0 Å². The maximum absolute atomic E-state index is 11.0. The number of amides is 1. The van der Waals surface area contributed by atoms with Gasteiger partial charge in [0.25, 0.3) is 0 Å². The van der Waals surface area contributed by atoms with Gasteiger partial charge in [0, 0.05) is 18.8 Å². The van der Waals surface area contributed by atoms with E-state index in [1.807, 2.05) is 6.92 Å². The van der Waals surface area contributed by atoms with Crippen LogP contribution in [0.3, 0.4) is 0 Å². The first kappa shape index (κ1) is 7.78. The van der Waals surface area contributed by atoms with Crippen molar-refractivity contribution < 1.29 is 4.79 Å². The molecule has 1 aromatic rings. The lowest BCUT2D eigenvalue weighted by Gasteiger charge is -2.02. The predicted molar refractivity (Wildman–Crippen MR) is 41.5 cm³/mol. The molecule has 0 spiro atoms. The second kappa shape index (κ2) is 3.75. The minimum absolute atomic E-state index is 0.0190. The molecule has 1 rings (SSSR count). The molecule has 1 amide bonds. The van der Waals surface area contributed by atoms with Crippen molar-refractivity contribution in [2.45, 2.75) is 19.8 Å². The van der Waals surface area contributed by atoms with E-state index in [-0.39, 0.29) is 5.91 Å². The van der Waals surface area contributed by atoms with Crippen LogP contribution in [-0.2, 0) is 4.79 Å². The summed E-state index contributed by atoms with van der Waals surface area (Å²) in [5, 5.41) is 0. The Morgan fingerprint density at radius 2 is 2.55 bits per heavy atom. The average molecular weight is 153 g/mol. The van der Waals surface area contributed by atoms with E-state index in [2.05, 4.69) is 10.4 Å². The lowest BCUT2D eigenvalue weighted by molar-refractivity contribution is -0.117. The Hall–Kier alpha value is -1.32. The molecule has 0 saturated heterocycles. The highest BCUT2D eigenvalue weighted by molar-refractivity contribution is 5.83. The lowest BCUT2D eigenvalue weighted by atomic mass is 10.3. The minimum atomic E-state index is 0.0190. The summed E-state index contributed by atoms with van der Waals surface area (Å²) >= 11 is 0. The minimum Gasteiger partial charge on any atom is -0.273 e. The van der Waals surface area contributed by atoms with E-state index in [4.69, 9.17) is 0 Å². The molecule has 0 radical (unpaired) electrons. The second-order valence-electron chi connectivity index (χ2n) is 2.25. The molecule has 0 aliphatic heterocycles. The van der Waals surface area contributed by atoms with E-state index >= 15 is 0 Å². The first-order valence-corrected chi connectivity index (χ1v) is 3.60. The van der Waals surface area contributed by atoms with Gasteiger partial charge in [-0.2, -0.15) is 0 Å². The fraction of sp³-hybridized carbons (Fsp3) is 0.429. The van der Waals surface area contributed by atoms with Crippen molar-refractivity contribution in [3.8, 4) is 0 Å². The molecule has 11 heavy (non-hydrogen) atoms. The molecule has 4 nitrogen and oxygen atoms in total. The van der Waals surface area contributed by atoms with Gasteiger partial charge in [-0.05, 0) is 6.42 Å². The highest BCUT2D eigenvalue weighted by Gasteiger charge is 1.97. The van der Waals surface area contributed by atoms with Crippen molar-refractivity contribution in [2.75, 3.05) is 5.43 Å². The molecule has 1 N–H and O–H groups in total. The average Bonchev–Trinajstić information content (AvgIpc) is 2.40. The third-order valence-electron chi connectivity index (χ3n) is 1.24. The summed E-state index contributed by atoms with van der Waals surface area (Å²) in [6, 6.07) is 0. The Kier molecular flexibility index (Phi) is 2.66. The number of carbonyl (C=O) groups is 1. The van der Waals surface area contributed by atoms with Gasteiger partial charge in [-0.25, -0.2) is 9.66 Å². The number of imidazole rings is 1. The molecule has 1 aromatic heterocycles. The van der Waals surface area contributed by atoms with Crippen molar-refractivity contribution in [1.82, 2.24) is 9.66 Å². The van der Waals surface area contributed by atoms with Gasteiger partial charge in [-0.3, -0.25) is 10.2 Å². The van der Waals surface area contributed by atoms with Crippen LogP contribution in [0, 0.1) is 0 Å². The maximum atomic E-state index is 11.0. The molecule has 0 saturated carbocycles. The largest absolute Gasteiger partial charge is 0.273 e. The van der Waals surface area contributed by atoms with E-state index in [9.17, 15) is 4.79 Å². The lowest BCUT2D eigenvalue weighted by Crippen LogP contribution is -2.20. The third-order valence-corrected chi connectivity index (χ3v) is 1.24. The quantitative estimate of drug-likeness (QED) is 0.696. The molecule has 0 bridgehead atoms. The van der Waals surface area contributed by atoms with Crippen molar-refractivity contribution in [3.05, 3.63) is 18.7 Å². The summed E-state index contributed by atoms with van der Waals surface area (Å²) < 4.78 is 1.54. The van der Waals surface area contributed by atoms with Gasteiger partial charge < -0.3 is 0 Å². The van der Waals surface area contributed by atoms with E-state index in [1.54, 1.807) is 18.7 Å². The first-order valence-electron chi connectivity index (χ1n) is 3.60. The zero-order valence-corrected chi connectivity index (χ0v) is 6.45. The van der Waals surface area contributed by atoms with Crippen LogP contribution in [0.4, 0.5) is 0 Å². The zero-order chi connectivity index (χ0) is 8.10. The van der Waals surface area contributed by atoms with Gasteiger partial charge in [-0.15, -0.1) is 0 Å². The fourth-order valence-electron chi connectivity index (χ4n) is 0.752. The zero-order valence-electron chi connectivity index (χ0n) is 6.45. The normalized spacial score (nSPS) is 9.55. The van der Waals surface area contributed by atoms with Crippen molar-refractivity contribution in [1.29, 1.82) is 0 Å². The number of carbonyl (C=O) groups excluding carboxylic acids is 1. The first-order chi connectivity index (χ1) is 5.33. The summed E-state index contributed by atoms with van der Waals surface area (Å²) in [6.07, 6.45) is 6.27. The SMILES string of the molecule is CCCC(=O)Nn1ccnc1. The molecule has 0 atom stereocenters. The van der Waals surface area contributed by atoms with E-state index in [0.717, 1.165) is 6.42 Å². The molecule has 0 aliphatic rings. The fourth-order valence-corrected chi connectivity index (χ4v) is 0.752. The molecule has 0 aliphatic carbocycles. The molecule has 0 unspecified atom stereocenters. The van der Waals surface area contributed by atoms with Gasteiger partial charge in [0.2, 0.25) is 5.91 Å². The molecule has 0 fully saturated rings. The number of hydrogen-bond donors (Lipinski definition) is 1. The van der Waals surface area contributed by atoms with Crippen LogP contribution in [0.25, 0.3) is 0 Å². The Morgan fingerprint density at radius 3 is 3.09 bits per heavy atom. The highest BCUT2D eigenvalue weighted by atomic mass is 16.2. The van der Waals surface area contributed by atoms with Crippen molar-refractivity contribution >= 4 is 5.91 Å². The summed E-state index contributed by atoms with van der Waals surface area (Å²) in [6.45, 7) is 1.97. The van der Waals surface area contributed by atoms with E-state index in [1.165, 1.54) is 4.68 Å². The Morgan fingerprint density at radius 1 is 1.73 bits per heavy atom. The van der Waals surface area contributed by atoms with Crippen LogP contribution in [0.2, 0.25) is 0 Å². The topological polar surface area (TPSA) is 46.9 Å². The Bertz CT molecular complexity index is 218. The summed E-state index contributed by atoms with van der Waals surface area (Å²) in [5.41, 5.74) is 2.64. The predicted octanol–water partition coefficient (Wildman–Crippen LogP) is 0.753. The molecule has 4 heteroatoms. The number of nitrogens with one attached hydrogen (secondary N) is 1. The van der Waals surface area contributed by atoms with Crippen LogP contribution in [0.5, 0.6) is 0 Å². The van der Waals surface area contributed by atoms with Gasteiger partial charge in [0.15, 0.2) is 0 Å². The molecular formula is C7H11N3O. The summed E-state index contributed by atoms with van der Waals surface area (Å²) in [5.74, 6) is 0.0190. The van der Waals surface area contributed by atoms with Crippen LogP contribution in [-0.4, -0.2) is 15.6 Å². The van der Waals surface area contributed by atoms with Gasteiger partial charge in [0.1, 0.15) is 6.33 Å². The van der Waals surface area contributed by atoms with Crippen LogP contribution >= 0.6 is 0 Å². The monoisotopic (exact) mass is 153 g/mol. The maximum Gasteiger partial charge on any atom is 0.238 e. The Balaban J connectivity index is 2.37. The number of nitrogens with zero attached hydrogens (tertiary/aromatic N) is 2. The molecule has 0 aromatic carbocycles. The summed E-state index contributed by atoms with van der Waals surface area (Å²) in [4.78, 5) is 14.7. The summed E-state index contributed by atoms with van der Waals surface area (Å²) in [7, 11) is 0. The van der Waals surface area contributed by atoms with E-state index in [0.29, 0.717) is 6.42 Å². The van der Waals surface area contributed by atoms with Crippen molar-refractivity contribution in [2.24, 2.45) is 0 Å². The van der Waals surface area contributed by atoms with Crippen molar-refractivity contribution in [3.63, 3.8) is 0 Å². The van der Waals surface area contributed by atoms with Crippen LogP contribution in [0.15, 0.2) is 18.7 Å². The number of hydrogen-bond acceptors (Lipinski definition) is 2. The standard InChI is InChI=1S/C7H11N3O/c1-2-3-7(11)9-10-5-4-8-6-10/h4-6H,2-3H2,1H3,(H,9,11). The smallest absolute Gasteiger partial charge is 0.238 e. The molecule has 60 valence electrons.